The molecule has 0 N–H and O–H groups in total. The quantitative estimate of drug-likeness (QED) is 0.591. The van der Waals surface area contributed by atoms with Crippen LogP contribution < -0.4 is 0 Å². The molecule has 0 aliphatic rings. The zero-order valence-electron chi connectivity index (χ0n) is 11.3. The van der Waals surface area contributed by atoms with E-state index in [1.807, 2.05) is 60.7 Å². The molecule has 3 rings (SSSR count). The molecule has 0 saturated carbocycles. The molecule has 0 heterocycles. The van der Waals surface area contributed by atoms with E-state index in [9.17, 15) is 4.79 Å². The van der Waals surface area contributed by atoms with Crippen LogP contribution >= 0.6 is 11.6 Å². The third kappa shape index (κ3) is 2.88. The van der Waals surface area contributed by atoms with Gasteiger partial charge in [0.25, 0.3) is 5.24 Å². The summed E-state index contributed by atoms with van der Waals surface area (Å²) in [6.45, 7) is 0. The van der Waals surface area contributed by atoms with Crippen molar-refractivity contribution in [3.05, 3.63) is 84.4 Å². The summed E-state index contributed by atoms with van der Waals surface area (Å²) in [4.78, 5) is 11.4. The van der Waals surface area contributed by atoms with Crippen LogP contribution in [0.3, 0.4) is 0 Å². The Hall–Kier alpha value is -2.38. The number of halogens is 1. The van der Waals surface area contributed by atoms with Gasteiger partial charge in [0.15, 0.2) is 0 Å². The molecule has 0 amide bonds. The van der Waals surface area contributed by atoms with Crippen LogP contribution in [0, 0.1) is 0 Å². The Bertz CT molecular complexity index is 764. The normalized spacial score (nSPS) is 10.3. The summed E-state index contributed by atoms with van der Waals surface area (Å²) in [5.74, 6) is 0. The first-order valence-corrected chi connectivity index (χ1v) is 7.08. The fourth-order valence-corrected chi connectivity index (χ4v) is 2.51. The minimum Gasteiger partial charge on any atom is -0.276 e. The van der Waals surface area contributed by atoms with Crippen LogP contribution in [0.1, 0.15) is 10.4 Å². The van der Waals surface area contributed by atoms with Gasteiger partial charge in [-0.25, -0.2) is 0 Å². The summed E-state index contributed by atoms with van der Waals surface area (Å²) in [5, 5.41) is -0.438. The highest BCUT2D eigenvalue weighted by atomic mass is 35.5. The smallest absolute Gasteiger partial charge is 0.252 e. The monoisotopic (exact) mass is 292 g/mol. The minimum atomic E-state index is -0.438. The van der Waals surface area contributed by atoms with E-state index in [4.69, 9.17) is 11.6 Å². The molecule has 102 valence electrons. The van der Waals surface area contributed by atoms with Crippen LogP contribution in [-0.4, -0.2) is 5.24 Å². The lowest BCUT2D eigenvalue weighted by Gasteiger charge is -2.11. The predicted molar refractivity (Wildman–Crippen MR) is 87.5 cm³/mol. The van der Waals surface area contributed by atoms with Crippen molar-refractivity contribution >= 4 is 16.8 Å². The van der Waals surface area contributed by atoms with E-state index in [2.05, 4.69) is 12.1 Å². The summed E-state index contributed by atoms with van der Waals surface area (Å²) < 4.78 is 0. The molecule has 0 aliphatic carbocycles. The van der Waals surface area contributed by atoms with Crippen molar-refractivity contribution in [3.8, 4) is 22.3 Å². The van der Waals surface area contributed by atoms with Gasteiger partial charge >= 0.3 is 0 Å². The maximum atomic E-state index is 11.4. The Labute approximate surface area is 128 Å². The minimum absolute atomic E-state index is 0.438. The van der Waals surface area contributed by atoms with Gasteiger partial charge in [-0.15, -0.1) is 0 Å². The van der Waals surface area contributed by atoms with Crippen LogP contribution in [0.5, 0.6) is 0 Å². The first-order valence-electron chi connectivity index (χ1n) is 6.70. The second-order valence-electron chi connectivity index (χ2n) is 4.77. The zero-order valence-corrected chi connectivity index (χ0v) is 12.0. The van der Waals surface area contributed by atoms with Gasteiger partial charge in [-0.2, -0.15) is 0 Å². The number of benzene rings is 3. The largest absolute Gasteiger partial charge is 0.276 e. The van der Waals surface area contributed by atoms with Gasteiger partial charge in [0.1, 0.15) is 0 Å². The number of carbonyl (C=O) groups is 1. The molecule has 0 unspecified atom stereocenters. The first kappa shape index (κ1) is 13.6. The Kier molecular flexibility index (Phi) is 3.85. The Morgan fingerprint density at radius 2 is 1.19 bits per heavy atom. The molecule has 0 atom stereocenters. The van der Waals surface area contributed by atoms with Crippen molar-refractivity contribution < 1.29 is 4.79 Å². The number of hydrogen-bond acceptors (Lipinski definition) is 1. The van der Waals surface area contributed by atoms with Gasteiger partial charge in [-0.3, -0.25) is 4.79 Å². The van der Waals surface area contributed by atoms with E-state index >= 15 is 0 Å². The molecule has 0 saturated heterocycles. The molecule has 0 aromatic heterocycles. The molecule has 0 aliphatic heterocycles. The molecule has 3 aromatic carbocycles. The molecule has 2 heteroatoms. The van der Waals surface area contributed by atoms with Crippen molar-refractivity contribution in [2.45, 2.75) is 0 Å². The van der Waals surface area contributed by atoms with Gasteiger partial charge in [-0.1, -0.05) is 66.7 Å². The third-order valence-electron chi connectivity index (χ3n) is 3.42. The maximum absolute atomic E-state index is 11.4. The summed E-state index contributed by atoms with van der Waals surface area (Å²) in [6.07, 6.45) is 0. The molecule has 0 radical (unpaired) electrons. The SMILES string of the molecule is O=C(Cl)c1ccc(-c2ccccc2)c(-c2ccccc2)c1. The molecule has 0 fully saturated rings. The first-order chi connectivity index (χ1) is 10.3. The lowest BCUT2D eigenvalue weighted by Crippen LogP contribution is -1.92. The lowest BCUT2D eigenvalue weighted by molar-refractivity contribution is 0.108. The summed E-state index contributed by atoms with van der Waals surface area (Å²) in [6, 6.07) is 25.7. The standard InChI is InChI=1S/C19H13ClO/c20-19(21)16-11-12-17(14-7-3-1-4-8-14)18(13-16)15-9-5-2-6-10-15/h1-13H. The van der Waals surface area contributed by atoms with E-state index in [0.717, 1.165) is 22.3 Å². The number of rotatable bonds is 3. The van der Waals surface area contributed by atoms with Crippen molar-refractivity contribution in [2.24, 2.45) is 0 Å². The van der Waals surface area contributed by atoms with Crippen molar-refractivity contribution in [3.63, 3.8) is 0 Å². The molecule has 1 nitrogen and oxygen atoms in total. The van der Waals surface area contributed by atoms with Gasteiger partial charge in [0, 0.05) is 5.56 Å². The second kappa shape index (κ2) is 5.94. The molecular formula is C19H13ClO. The average Bonchev–Trinajstić information content (AvgIpc) is 2.56. The molecular weight excluding hydrogens is 280 g/mol. The summed E-state index contributed by atoms with van der Waals surface area (Å²) in [5.41, 5.74) is 4.79. The van der Waals surface area contributed by atoms with Crippen LogP contribution in [0.15, 0.2) is 78.9 Å². The van der Waals surface area contributed by atoms with E-state index < -0.39 is 5.24 Å². The van der Waals surface area contributed by atoms with E-state index in [-0.39, 0.29) is 0 Å². The fourth-order valence-electron chi connectivity index (χ4n) is 2.39. The third-order valence-corrected chi connectivity index (χ3v) is 3.63. The van der Waals surface area contributed by atoms with Gasteiger partial charge in [0.2, 0.25) is 0 Å². The van der Waals surface area contributed by atoms with Crippen LogP contribution in [0.4, 0.5) is 0 Å². The molecule has 21 heavy (non-hydrogen) atoms. The van der Waals surface area contributed by atoms with Gasteiger partial charge < -0.3 is 0 Å². The average molecular weight is 293 g/mol. The molecule has 0 bridgehead atoms. The second-order valence-corrected chi connectivity index (χ2v) is 5.11. The summed E-state index contributed by atoms with van der Waals surface area (Å²) >= 11 is 5.62. The Morgan fingerprint density at radius 1 is 0.667 bits per heavy atom. The van der Waals surface area contributed by atoms with Crippen LogP contribution in [0.2, 0.25) is 0 Å². The number of hydrogen-bond donors (Lipinski definition) is 0. The fraction of sp³-hybridized carbons (Fsp3) is 0. The van der Waals surface area contributed by atoms with E-state index in [1.54, 1.807) is 6.07 Å². The topological polar surface area (TPSA) is 17.1 Å². The predicted octanol–water partition coefficient (Wildman–Crippen LogP) is 5.40. The van der Waals surface area contributed by atoms with E-state index in [1.165, 1.54) is 0 Å². The van der Waals surface area contributed by atoms with Crippen LogP contribution in [-0.2, 0) is 0 Å². The van der Waals surface area contributed by atoms with Crippen molar-refractivity contribution in [1.29, 1.82) is 0 Å². The molecule has 3 aromatic rings. The highest BCUT2D eigenvalue weighted by molar-refractivity contribution is 6.67. The van der Waals surface area contributed by atoms with Crippen molar-refractivity contribution in [2.75, 3.05) is 0 Å². The highest BCUT2D eigenvalue weighted by Gasteiger charge is 2.10. The maximum Gasteiger partial charge on any atom is 0.252 e. The van der Waals surface area contributed by atoms with Crippen molar-refractivity contribution in [1.82, 2.24) is 0 Å². The zero-order chi connectivity index (χ0) is 14.7. The summed E-state index contributed by atoms with van der Waals surface area (Å²) in [7, 11) is 0. The van der Waals surface area contributed by atoms with E-state index in [0.29, 0.717) is 5.56 Å². The Balaban J connectivity index is 2.23. The molecule has 0 spiro atoms. The van der Waals surface area contributed by atoms with Gasteiger partial charge in [-0.05, 0) is 46.0 Å². The lowest BCUT2D eigenvalue weighted by atomic mass is 9.93. The number of carbonyl (C=O) groups excluding carboxylic acids is 1. The van der Waals surface area contributed by atoms with Gasteiger partial charge in [0.05, 0.1) is 0 Å². The van der Waals surface area contributed by atoms with Crippen LogP contribution in [0.25, 0.3) is 22.3 Å². The Morgan fingerprint density at radius 3 is 1.71 bits per heavy atom. The highest BCUT2D eigenvalue weighted by Crippen LogP contribution is 2.33.